The molecule has 0 radical (unpaired) electrons. The lowest BCUT2D eigenvalue weighted by Gasteiger charge is -2.28. The highest BCUT2D eigenvalue weighted by Gasteiger charge is 2.25. The first kappa shape index (κ1) is 20.0. The smallest absolute Gasteiger partial charge is 0.223 e. The molecule has 154 valence electrons. The van der Waals surface area contributed by atoms with Crippen LogP contribution >= 0.6 is 11.6 Å². The van der Waals surface area contributed by atoms with Crippen LogP contribution in [-0.4, -0.2) is 49.8 Å². The molecule has 0 aliphatic carbocycles. The van der Waals surface area contributed by atoms with Gasteiger partial charge in [0.1, 0.15) is 5.69 Å². The van der Waals surface area contributed by atoms with Gasteiger partial charge in [-0.2, -0.15) is 0 Å². The number of hydrogen-bond acceptors (Lipinski definition) is 6. The maximum Gasteiger partial charge on any atom is 0.223 e. The van der Waals surface area contributed by atoms with Crippen LogP contribution < -0.4 is 5.32 Å². The van der Waals surface area contributed by atoms with Gasteiger partial charge in [0.25, 0.3) is 0 Å². The zero-order valence-corrected chi connectivity index (χ0v) is 17.2. The first-order valence-corrected chi connectivity index (χ1v) is 9.96. The van der Waals surface area contributed by atoms with Crippen molar-refractivity contribution in [2.45, 2.75) is 45.3 Å². The molecule has 1 fully saturated rings. The summed E-state index contributed by atoms with van der Waals surface area (Å²) in [4.78, 5) is 12.9. The van der Waals surface area contributed by atoms with Crippen LogP contribution in [0.3, 0.4) is 0 Å². The number of nitrogens with zero attached hydrogens (tertiary/aromatic N) is 4. The van der Waals surface area contributed by atoms with Crippen LogP contribution in [0.5, 0.6) is 0 Å². The van der Waals surface area contributed by atoms with Crippen LogP contribution in [0.25, 0.3) is 16.9 Å². The van der Waals surface area contributed by atoms with Crippen LogP contribution in [0.1, 0.15) is 37.6 Å². The summed E-state index contributed by atoms with van der Waals surface area (Å²) in [7, 11) is 0. The number of halogens is 2. The fourth-order valence-corrected chi connectivity index (χ4v) is 4.01. The quantitative estimate of drug-likeness (QED) is 0.672. The Hall–Kier alpha value is -2.29. The van der Waals surface area contributed by atoms with E-state index in [9.17, 15) is 9.50 Å². The Morgan fingerprint density at radius 1 is 1.38 bits per heavy atom. The monoisotopic (exact) mass is 419 g/mol. The number of aryl methyl sites for hydroxylation is 1. The summed E-state index contributed by atoms with van der Waals surface area (Å²) in [5.74, 6) is -0.0883. The first-order chi connectivity index (χ1) is 13.8. The molecule has 0 aromatic carbocycles. The third-order valence-corrected chi connectivity index (χ3v) is 5.38. The molecule has 7 nitrogen and oxygen atoms in total. The van der Waals surface area contributed by atoms with Crippen molar-refractivity contribution in [1.82, 2.24) is 19.4 Å². The normalized spacial score (nSPS) is 19.8. The number of imidazole rings is 1. The fraction of sp³-hybridized carbons (Fsp3) is 0.450. The van der Waals surface area contributed by atoms with Crippen LogP contribution in [0.4, 0.5) is 10.3 Å². The van der Waals surface area contributed by atoms with Gasteiger partial charge in [0.05, 0.1) is 35.7 Å². The fourth-order valence-electron chi connectivity index (χ4n) is 3.76. The number of nitrogens with one attached hydrogen (secondary N) is 1. The summed E-state index contributed by atoms with van der Waals surface area (Å²) >= 11 is 6.46. The molecule has 2 atom stereocenters. The second-order valence-electron chi connectivity index (χ2n) is 7.58. The van der Waals surface area contributed by atoms with E-state index in [0.717, 1.165) is 17.6 Å². The molecule has 2 N–H and O–H groups in total. The van der Waals surface area contributed by atoms with E-state index < -0.39 is 11.9 Å². The van der Waals surface area contributed by atoms with Gasteiger partial charge in [-0.25, -0.2) is 19.3 Å². The zero-order chi connectivity index (χ0) is 20.7. The number of aliphatic hydroxyl groups excluding tert-OH is 1. The summed E-state index contributed by atoms with van der Waals surface area (Å²) < 4.78 is 21.7. The third kappa shape index (κ3) is 3.80. The summed E-state index contributed by atoms with van der Waals surface area (Å²) in [6.07, 6.45) is 2.86. The Balaban J connectivity index is 1.76. The van der Waals surface area contributed by atoms with Gasteiger partial charge in [0.2, 0.25) is 5.95 Å². The van der Waals surface area contributed by atoms with Crippen LogP contribution in [-0.2, 0) is 4.74 Å². The second-order valence-corrected chi connectivity index (χ2v) is 7.99. The van der Waals surface area contributed by atoms with Crippen molar-refractivity contribution in [2.75, 3.05) is 18.5 Å². The van der Waals surface area contributed by atoms with E-state index in [2.05, 4.69) is 34.1 Å². The van der Waals surface area contributed by atoms with Gasteiger partial charge in [0.15, 0.2) is 11.5 Å². The van der Waals surface area contributed by atoms with Crippen molar-refractivity contribution in [3.63, 3.8) is 0 Å². The van der Waals surface area contributed by atoms with Gasteiger partial charge in [-0.05, 0) is 25.3 Å². The Bertz CT molecular complexity index is 1060. The predicted molar refractivity (Wildman–Crippen MR) is 109 cm³/mol. The molecule has 0 amide bonds. The van der Waals surface area contributed by atoms with E-state index in [0.29, 0.717) is 29.3 Å². The number of aliphatic hydroxyl groups is 1. The Morgan fingerprint density at radius 3 is 2.90 bits per heavy atom. The average molecular weight is 420 g/mol. The molecule has 29 heavy (non-hydrogen) atoms. The molecule has 4 rings (SSSR count). The zero-order valence-electron chi connectivity index (χ0n) is 16.5. The molecule has 1 aliphatic rings. The molecule has 4 heterocycles. The molecular weight excluding hydrogens is 397 g/mol. The Kier molecular flexibility index (Phi) is 5.42. The minimum Gasteiger partial charge on any atom is -0.389 e. The minimum absolute atomic E-state index is 0.133. The number of rotatable bonds is 4. The van der Waals surface area contributed by atoms with E-state index >= 15 is 0 Å². The molecule has 0 saturated carbocycles. The SMILES string of the molecule is Cc1nc2c(Cl)cc(-c3nc(N[C@@H]4CCOC[C@H]4O)ncc3F)cn2c1C(C)C. The number of fused-ring (bicyclic) bond motifs is 1. The van der Waals surface area contributed by atoms with Crippen molar-refractivity contribution < 1.29 is 14.2 Å². The average Bonchev–Trinajstić information content (AvgIpc) is 3.02. The lowest BCUT2D eigenvalue weighted by molar-refractivity contribution is -0.0136. The highest BCUT2D eigenvalue weighted by Crippen LogP contribution is 2.31. The van der Waals surface area contributed by atoms with Crippen LogP contribution in [0, 0.1) is 12.7 Å². The van der Waals surface area contributed by atoms with Gasteiger partial charge in [-0.3, -0.25) is 0 Å². The summed E-state index contributed by atoms with van der Waals surface area (Å²) in [5, 5.41) is 13.6. The van der Waals surface area contributed by atoms with Gasteiger partial charge in [-0.15, -0.1) is 0 Å². The molecule has 0 spiro atoms. The number of pyridine rings is 1. The highest BCUT2D eigenvalue weighted by molar-refractivity contribution is 6.33. The Morgan fingerprint density at radius 2 is 2.17 bits per heavy atom. The Labute approximate surface area is 172 Å². The van der Waals surface area contributed by atoms with E-state index in [1.54, 1.807) is 12.3 Å². The number of hydrogen-bond donors (Lipinski definition) is 2. The number of aromatic nitrogens is 4. The van der Waals surface area contributed by atoms with Crippen molar-refractivity contribution in [1.29, 1.82) is 0 Å². The molecule has 0 bridgehead atoms. The van der Waals surface area contributed by atoms with Gasteiger partial charge >= 0.3 is 0 Å². The highest BCUT2D eigenvalue weighted by atomic mass is 35.5. The molecule has 3 aromatic rings. The molecule has 0 unspecified atom stereocenters. The molecule has 3 aromatic heterocycles. The standard InChI is InChI=1S/C20H23ClFN5O2/c1-10(2)18-11(3)24-19-13(21)6-12(8-27(18)19)17-14(22)7-23-20(26-17)25-15-4-5-29-9-16(15)28/h6-8,10,15-16,28H,4-5,9H2,1-3H3,(H,23,25,26)/t15-,16-/m1/s1. The maximum absolute atomic E-state index is 14.6. The number of ether oxygens (including phenoxy) is 1. The second kappa shape index (κ2) is 7.85. The third-order valence-electron chi connectivity index (χ3n) is 5.10. The minimum atomic E-state index is -0.672. The maximum atomic E-state index is 14.6. The first-order valence-electron chi connectivity index (χ1n) is 9.58. The summed E-state index contributed by atoms with van der Waals surface area (Å²) in [6, 6.07) is 1.41. The summed E-state index contributed by atoms with van der Waals surface area (Å²) in [5.41, 5.74) is 3.20. The molecular formula is C20H23ClFN5O2. The van der Waals surface area contributed by atoms with Crippen molar-refractivity contribution in [3.8, 4) is 11.3 Å². The van der Waals surface area contributed by atoms with Crippen molar-refractivity contribution in [2.24, 2.45) is 0 Å². The lowest BCUT2D eigenvalue weighted by Crippen LogP contribution is -2.42. The van der Waals surface area contributed by atoms with Gasteiger partial charge in [0, 0.05) is 24.1 Å². The number of anilines is 1. The molecule has 1 saturated heterocycles. The van der Waals surface area contributed by atoms with E-state index in [-0.39, 0.29) is 30.2 Å². The van der Waals surface area contributed by atoms with E-state index in [4.69, 9.17) is 16.3 Å². The predicted octanol–water partition coefficient (Wildman–Crippen LogP) is 3.58. The van der Waals surface area contributed by atoms with Gasteiger partial charge < -0.3 is 19.6 Å². The lowest BCUT2D eigenvalue weighted by atomic mass is 10.1. The van der Waals surface area contributed by atoms with E-state index in [1.807, 2.05) is 11.3 Å². The molecule has 9 heteroatoms. The van der Waals surface area contributed by atoms with Crippen LogP contribution in [0.2, 0.25) is 5.02 Å². The van der Waals surface area contributed by atoms with Gasteiger partial charge in [-0.1, -0.05) is 25.4 Å². The largest absolute Gasteiger partial charge is 0.389 e. The topological polar surface area (TPSA) is 84.6 Å². The van der Waals surface area contributed by atoms with Crippen molar-refractivity contribution in [3.05, 3.63) is 40.7 Å². The molecule has 1 aliphatic heterocycles. The summed E-state index contributed by atoms with van der Waals surface area (Å²) in [6.45, 7) is 6.86. The van der Waals surface area contributed by atoms with E-state index in [1.165, 1.54) is 0 Å². The van der Waals surface area contributed by atoms with Crippen LogP contribution in [0.15, 0.2) is 18.5 Å². The van der Waals surface area contributed by atoms with Crippen molar-refractivity contribution >= 4 is 23.2 Å².